The highest BCUT2D eigenvalue weighted by Crippen LogP contribution is 2.44. The van der Waals surface area contributed by atoms with E-state index in [0.29, 0.717) is 7.48 Å². The number of aryl methyl sites for hydroxylation is 1. The minimum atomic E-state index is -0.907. The Morgan fingerprint density at radius 2 is 1.74 bits per heavy atom. The van der Waals surface area contributed by atoms with Crippen LogP contribution in [-0.2, 0) is 11.1 Å². The summed E-state index contributed by atoms with van der Waals surface area (Å²) in [5.41, 5.74) is 6.54. The Hall–Kier alpha value is -2.40. The van der Waals surface area contributed by atoms with Crippen molar-refractivity contribution in [1.82, 2.24) is 0 Å². The van der Waals surface area contributed by atoms with Gasteiger partial charge in [0.05, 0.1) is 11.2 Å². The molecule has 1 aromatic heterocycles. The van der Waals surface area contributed by atoms with Gasteiger partial charge in [0.25, 0.3) is 0 Å². The largest absolute Gasteiger partial charge is 0.427 e. The van der Waals surface area contributed by atoms with E-state index in [1.807, 2.05) is 25.2 Å². The second kappa shape index (κ2) is 9.00. The van der Waals surface area contributed by atoms with Crippen molar-refractivity contribution in [3.63, 3.8) is 0 Å². The highest BCUT2D eigenvalue weighted by Gasteiger charge is 2.35. The van der Waals surface area contributed by atoms with Crippen LogP contribution in [0.3, 0.4) is 0 Å². The van der Waals surface area contributed by atoms with Gasteiger partial charge in [-0.2, -0.15) is 0 Å². The third-order valence-corrected chi connectivity index (χ3v) is 8.72. The average molecular weight is 468 g/mol. The topological polar surface area (TPSA) is 29.5 Å². The first-order valence-electron chi connectivity index (χ1n) is 12.3. The highest BCUT2D eigenvalue weighted by atomic mass is 32.1. The number of thiophene rings is 1. The molecule has 0 bridgehead atoms. The summed E-state index contributed by atoms with van der Waals surface area (Å²) in [6, 6.07) is 17.5. The maximum atomic E-state index is 10.4. The smallest absolute Gasteiger partial charge is 0.309 e. The molecule has 0 atom stereocenters. The van der Waals surface area contributed by atoms with E-state index >= 15 is 0 Å². The standard InChI is InChI=1S/C30H33BO2S/c1-29(2,32)30(3,4)33-31-23-13-8-11-21(19-23)20-10-7-12-22(18-20)24-15-9-16-26-25-14-5-6-17-27(25)34-28(24)26/h5-6,8,11-15,17-19,31-32H,7,9-10,16H2,1-4H3. The molecule has 1 N–H and O–H groups in total. The van der Waals surface area contributed by atoms with Crippen molar-refractivity contribution in [2.75, 3.05) is 0 Å². The summed E-state index contributed by atoms with van der Waals surface area (Å²) >= 11 is 1.94. The van der Waals surface area contributed by atoms with E-state index < -0.39 is 11.2 Å². The lowest BCUT2D eigenvalue weighted by atomic mass is 9.80. The molecule has 0 spiro atoms. The molecule has 3 aromatic rings. The van der Waals surface area contributed by atoms with E-state index in [-0.39, 0.29) is 0 Å². The summed E-state index contributed by atoms with van der Waals surface area (Å²) in [7, 11) is 0.483. The van der Waals surface area contributed by atoms with Crippen LogP contribution in [0.4, 0.5) is 0 Å². The fraction of sp³-hybridized carbons (Fsp3) is 0.333. The van der Waals surface area contributed by atoms with Crippen LogP contribution in [0.2, 0.25) is 0 Å². The third kappa shape index (κ3) is 4.47. The Morgan fingerprint density at radius 3 is 2.56 bits per heavy atom. The van der Waals surface area contributed by atoms with Gasteiger partial charge < -0.3 is 9.76 Å². The van der Waals surface area contributed by atoms with Crippen molar-refractivity contribution < 1.29 is 9.76 Å². The molecule has 0 radical (unpaired) electrons. The number of rotatable bonds is 6. The predicted molar refractivity (Wildman–Crippen MR) is 148 cm³/mol. The lowest BCUT2D eigenvalue weighted by Gasteiger charge is -2.37. The Morgan fingerprint density at radius 1 is 0.941 bits per heavy atom. The van der Waals surface area contributed by atoms with Crippen LogP contribution < -0.4 is 5.46 Å². The van der Waals surface area contributed by atoms with Gasteiger partial charge in [0.1, 0.15) is 0 Å². The van der Waals surface area contributed by atoms with Gasteiger partial charge in [0.2, 0.25) is 0 Å². The Balaban J connectivity index is 1.41. The van der Waals surface area contributed by atoms with Crippen LogP contribution >= 0.6 is 11.3 Å². The molecule has 1 heterocycles. The molecule has 2 aliphatic rings. The van der Waals surface area contributed by atoms with Crippen molar-refractivity contribution in [2.45, 2.75) is 64.6 Å². The monoisotopic (exact) mass is 468 g/mol. The van der Waals surface area contributed by atoms with Crippen LogP contribution in [-0.4, -0.2) is 23.8 Å². The molecule has 0 unspecified atom stereocenters. The van der Waals surface area contributed by atoms with Crippen LogP contribution in [0.15, 0.2) is 72.3 Å². The van der Waals surface area contributed by atoms with Crippen molar-refractivity contribution in [3.05, 3.63) is 88.3 Å². The molecular weight excluding hydrogens is 435 g/mol. The highest BCUT2D eigenvalue weighted by molar-refractivity contribution is 7.20. The summed E-state index contributed by atoms with van der Waals surface area (Å²) in [6.07, 6.45) is 11.6. The molecule has 0 saturated heterocycles. The minimum Gasteiger partial charge on any atom is -0.427 e. The molecule has 0 amide bonds. The van der Waals surface area contributed by atoms with E-state index in [0.717, 1.165) is 31.1 Å². The molecule has 2 aromatic carbocycles. The normalized spacial score (nSPS) is 16.6. The molecule has 34 heavy (non-hydrogen) atoms. The molecule has 0 saturated carbocycles. The van der Waals surface area contributed by atoms with Gasteiger partial charge in [-0.1, -0.05) is 66.2 Å². The first-order valence-corrected chi connectivity index (χ1v) is 13.1. The lowest BCUT2D eigenvalue weighted by molar-refractivity contribution is -0.0893. The zero-order chi connectivity index (χ0) is 23.9. The van der Waals surface area contributed by atoms with Crippen LogP contribution in [0.25, 0.3) is 21.2 Å². The number of hydrogen-bond acceptors (Lipinski definition) is 3. The van der Waals surface area contributed by atoms with Gasteiger partial charge in [-0.25, -0.2) is 0 Å². The number of fused-ring (bicyclic) bond motifs is 3. The molecule has 5 rings (SSSR count). The van der Waals surface area contributed by atoms with Crippen LogP contribution in [0.1, 0.15) is 63.0 Å². The Bertz CT molecular complexity index is 1320. The van der Waals surface area contributed by atoms with Crippen molar-refractivity contribution in [1.29, 1.82) is 0 Å². The molecule has 2 nitrogen and oxygen atoms in total. The Labute approximate surface area is 207 Å². The number of aliphatic hydroxyl groups is 1. The van der Waals surface area contributed by atoms with Crippen LogP contribution in [0.5, 0.6) is 0 Å². The van der Waals surface area contributed by atoms with Gasteiger partial charge >= 0.3 is 7.48 Å². The summed E-state index contributed by atoms with van der Waals surface area (Å²) in [4.78, 5) is 1.45. The Kier molecular flexibility index (Phi) is 6.18. The van der Waals surface area contributed by atoms with E-state index in [1.165, 1.54) is 42.8 Å². The van der Waals surface area contributed by atoms with Gasteiger partial charge in [-0.05, 0) is 92.7 Å². The maximum Gasteiger partial charge on any atom is 0.309 e. The lowest BCUT2D eigenvalue weighted by Crippen LogP contribution is -2.49. The summed E-state index contributed by atoms with van der Waals surface area (Å²) in [5.74, 6) is 0. The van der Waals surface area contributed by atoms with Crippen LogP contribution in [0, 0.1) is 0 Å². The van der Waals surface area contributed by atoms with E-state index in [4.69, 9.17) is 4.65 Å². The first kappa shape index (κ1) is 23.4. The molecule has 2 aliphatic carbocycles. The summed E-state index contributed by atoms with van der Waals surface area (Å²) < 4.78 is 7.51. The van der Waals surface area contributed by atoms with Gasteiger partial charge in [-0.3, -0.25) is 0 Å². The summed E-state index contributed by atoms with van der Waals surface area (Å²) in [6.45, 7) is 7.48. The predicted octanol–water partition coefficient (Wildman–Crippen LogP) is 6.58. The first-order chi connectivity index (χ1) is 16.2. The van der Waals surface area contributed by atoms with Gasteiger partial charge in [0.15, 0.2) is 0 Å². The fourth-order valence-electron chi connectivity index (χ4n) is 4.69. The second-order valence-corrected chi connectivity index (χ2v) is 11.5. The van der Waals surface area contributed by atoms with Gasteiger partial charge in [0, 0.05) is 9.58 Å². The van der Waals surface area contributed by atoms with Gasteiger partial charge in [-0.15, -0.1) is 11.3 Å². The van der Waals surface area contributed by atoms with Crippen molar-refractivity contribution >= 4 is 45.5 Å². The molecular formula is C30H33BO2S. The second-order valence-electron chi connectivity index (χ2n) is 10.5. The average Bonchev–Trinajstić information content (AvgIpc) is 3.21. The zero-order valence-electron chi connectivity index (χ0n) is 20.7. The molecule has 0 aliphatic heterocycles. The van der Waals surface area contributed by atoms with Crippen molar-refractivity contribution in [2.24, 2.45) is 0 Å². The fourth-order valence-corrected chi connectivity index (χ4v) is 6.00. The number of allylic oxidation sites excluding steroid dienone is 6. The zero-order valence-corrected chi connectivity index (χ0v) is 21.5. The quantitative estimate of drug-likeness (QED) is 0.414. The van der Waals surface area contributed by atoms with Crippen molar-refractivity contribution in [3.8, 4) is 0 Å². The SMILES string of the molecule is CC(C)(O)C(C)(C)OBc1cccc(C2=CC(C3=CCCc4c3sc3ccccc43)=CCC2)c1. The number of benzene rings is 2. The minimum absolute atomic E-state index is 0.483. The van der Waals surface area contributed by atoms with E-state index in [9.17, 15) is 5.11 Å². The van der Waals surface area contributed by atoms with E-state index in [1.54, 1.807) is 13.8 Å². The molecule has 174 valence electrons. The number of hydrogen-bond donors (Lipinski definition) is 1. The third-order valence-electron chi connectivity index (χ3n) is 7.48. The summed E-state index contributed by atoms with van der Waals surface area (Å²) in [5, 5.41) is 11.8. The maximum absolute atomic E-state index is 10.4. The van der Waals surface area contributed by atoms with E-state index in [2.05, 4.69) is 66.8 Å². The molecule has 4 heteroatoms. The molecule has 0 fully saturated rings.